The molecule has 0 unspecified atom stereocenters. The number of carbonyl (C=O) groups is 2. The van der Waals surface area contributed by atoms with Crippen molar-refractivity contribution in [2.45, 2.75) is 19.9 Å². The van der Waals surface area contributed by atoms with E-state index >= 15 is 0 Å². The predicted octanol–water partition coefficient (Wildman–Crippen LogP) is 5.20. The second-order valence-electron chi connectivity index (χ2n) is 7.68. The van der Waals surface area contributed by atoms with Crippen LogP contribution in [0.25, 0.3) is 0 Å². The molecule has 0 spiro atoms. The average molecular weight is 417 g/mol. The average Bonchev–Trinajstić information content (AvgIpc) is 2.74. The Kier molecular flexibility index (Phi) is 6.92. The molecular formula is C25H28N4O2. The summed E-state index contributed by atoms with van der Waals surface area (Å²) in [6, 6.07) is 22.1. The van der Waals surface area contributed by atoms with Crippen molar-refractivity contribution >= 4 is 29.0 Å². The normalized spacial score (nSPS) is 11.4. The number of benzene rings is 3. The first-order valence-corrected chi connectivity index (χ1v) is 10.2. The largest absolute Gasteiger partial charge is 0.377 e. The number of hydrogen-bond acceptors (Lipinski definition) is 3. The lowest BCUT2D eigenvalue weighted by Crippen LogP contribution is -2.28. The molecule has 6 nitrogen and oxygen atoms in total. The molecule has 160 valence electrons. The topological polar surface area (TPSA) is 73.5 Å². The number of aryl methyl sites for hydroxylation is 1. The van der Waals surface area contributed by atoms with Gasteiger partial charge < -0.3 is 20.9 Å². The first-order chi connectivity index (χ1) is 14.8. The van der Waals surface area contributed by atoms with E-state index in [1.54, 1.807) is 12.1 Å². The van der Waals surface area contributed by atoms with E-state index < -0.39 is 0 Å². The molecule has 31 heavy (non-hydrogen) atoms. The van der Waals surface area contributed by atoms with Crippen molar-refractivity contribution in [2.75, 3.05) is 29.6 Å². The Bertz CT molecular complexity index is 1060. The van der Waals surface area contributed by atoms with Crippen molar-refractivity contribution < 1.29 is 9.59 Å². The summed E-state index contributed by atoms with van der Waals surface area (Å²) in [5.41, 5.74) is 4.57. The summed E-state index contributed by atoms with van der Waals surface area (Å²) in [7, 11) is 3.76. The van der Waals surface area contributed by atoms with E-state index in [9.17, 15) is 9.59 Å². The molecule has 0 aromatic heterocycles. The molecule has 1 atom stereocenters. The fourth-order valence-electron chi connectivity index (χ4n) is 3.30. The molecule has 3 aromatic rings. The van der Waals surface area contributed by atoms with E-state index in [0.717, 1.165) is 16.8 Å². The summed E-state index contributed by atoms with van der Waals surface area (Å²) >= 11 is 0. The second-order valence-corrected chi connectivity index (χ2v) is 7.68. The van der Waals surface area contributed by atoms with Gasteiger partial charge in [0.05, 0.1) is 11.6 Å². The molecular weight excluding hydrogens is 388 g/mol. The van der Waals surface area contributed by atoms with Crippen molar-refractivity contribution in [3.63, 3.8) is 0 Å². The molecule has 0 saturated carbocycles. The lowest BCUT2D eigenvalue weighted by molar-refractivity contribution is 0.0940. The van der Waals surface area contributed by atoms with Crippen LogP contribution in [0.5, 0.6) is 0 Å². The van der Waals surface area contributed by atoms with Gasteiger partial charge in [-0.2, -0.15) is 0 Å². The standard InChI is InChI=1S/C25H28N4O2/c1-17-9-8-12-20(15-17)27-25(31)28-21-13-14-23(29(3)4)22(16-21)24(30)26-18(2)19-10-6-5-7-11-19/h5-16,18H,1-4H3,(H,26,30)(H2,27,28,31)/t18-/m1/s1. The Morgan fingerprint density at radius 1 is 0.839 bits per heavy atom. The first kappa shape index (κ1) is 21.9. The van der Waals surface area contributed by atoms with Gasteiger partial charge in [-0.1, -0.05) is 42.5 Å². The predicted molar refractivity (Wildman–Crippen MR) is 127 cm³/mol. The SMILES string of the molecule is Cc1cccc(NC(=O)Nc2ccc(N(C)C)c(C(=O)N[C@H](C)c3ccccc3)c2)c1. The smallest absolute Gasteiger partial charge is 0.323 e. The van der Waals surface area contributed by atoms with Crippen LogP contribution in [0.2, 0.25) is 0 Å². The van der Waals surface area contributed by atoms with Crippen LogP contribution in [0.1, 0.15) is 34.5 Å². The van der Waals surface area contributed by atoms with E-state index in [4.69, 9.17) is 0 Å². The Balaban J connectivity index is 1.77. The maximum absolute atomic E-state index is 13.1. The number of rotatable bonds is 6. The van der Waals surface area contributed by atoms with Gasteiger partial charge in [-0.15, -0.1) is 0 Å². The highest BCUT2D eigenvalue weighted by molar-refractivity contribution is 6.04. The fraction of sp³-hybridized carbons (Fsp3) is 0.200. The minimum absolute atomic E-state index is 0.148. The van der Waals surface area contributed by atoms with Gasteiger partial charge in [0.25, 0.3) is 5.91 Å². The lowest BCUT2D eigenvalue weighted by Gasteiger charge is -2.20. The molecule has 0 heterocycles. The number of nitrogens with zero attached hydrogens (tertiary/aromatic N) is 1. The maximum atomic E-state index is 13.1. The number of carbonyl (C=O) groups excluding carboxylic acids is 2. The van der Waals surface area contributed by atoms with Crippen LogP contribution in [-0.2, 0) is 0 Å². The Morgan fingerprint density at radius 3 is 2.16 bits per heavy atom. The third-order valence-corrected chi connectivity index (χ3v) is 4.90. The van der Waals surface area contributed by atoms with Crippen LogP contribution in [0.15, 0.2) is 72.8 Å². The minimum Gasteiger partial charge on any atom is -0.377 e. The van der Waals surface area contributed by atoms with E-state index in [-0.39, 0.29) is 18.0 Å². The van der Waals surface area contributed by atoms with Crippen molar-refractivity contribution in [2.24, 2.45) is 0 Å². The summed E-state index contributed by atoms with van der Waals surface area (Å²) in [6.45, 7) is 3.91. The number of anilines is 3. The molecule has 3 rings (SSSR count). The molecule has 3 aromatic carbocycles. The van der Waals surface area contributed by atoms with Crippen molar-refractivity contribution in [3.8, 4) is 0 Å². The van der Waals surface area contributed by atoms with Gasteiger partial charge in [0, 0.05) is 31.2 Å². The van der Waals surface area contributed by atoms with Crippen LogP contribution < -0.4 is 20.9 Å². The van der Waals surface area contributed by atoms with E-state index in [0.29, 0.717) is 16.9 Å². The molecule has 0 bridgehead atoms. The molecule has 3 N–H and O–H groups in total. The zero-order chi connectivity index (χ0) is 22.4. The first-order valence-electron chi connectivity index (χ1n) is 10.2. The van der Waals surface area contributed by atoms with Gasteiger partial charge in [-0.3, -0.25) is 4.79 Å². The van der Waals surface area contributed by atoms with Crippen LogP contribution >= 0.6 is 0 Å². The van der Waals surface area contributed by atoms with Crippen molar-refractivity contribution in [1.82, 2.24) is 5.32 Å². The highest BCUT2D eigenvalue weighted by Crippen LogP contribution is 2.24. The molecule has 0 saturated heterocycles. The third kappa shape index (κ3) is 5.85. The summed E-state index contributed by atoms with van der Waals surface area (Å²) in [5.74, 6) is -0.206. The lowest BCUT2D eigenvalue weighted by atomic mass is 10.1. The summed E-state index contributed by atoms with van der Waals surface area (Å²) in [6.07, 6.45) is 0. The van der Waals surface area contributed by atoms with Gasteiger partial charge in [-0.25, -0.2) is 4.79 Å². The fourth-order valence-corrected chi connectivity index (χ4v) is 3.30. The number of hydrogen-bond donors (Lipinski definition) is 3. The highest BCUT2D eigenvalue weighted by Gasteiger charge is 2.17. The summed E-state index contributed by atoms with van der Waals surface area (Å²) in [4.78, 5) is 27.4. The van der Waals surface area contributed by atoms with Crippen LogP contribution in [0.3, 0.4) is 0 Å². The molecule has 0 fully saturated rings. The number of nitrogens with one attached hydrogen (secondary N) is 3. The van der Waals surface area contributed by atoms with Gasteiger partial charge >= 0.3 is 6.03 Å². The van der Waals surface area contributed by atoms with Crippen LogP contribution in [-0.4, -0.2) is 26.0 Å². The maximum Gasteiger partial charge on any atom is 0.323 e. The number of urea groups is 1. The minimum atomic E-state index is -0.368. The van der Waals surface area contributed by atoms with Crippen molar-refractivity contribution in [3.05, 3.63) is 89.5 Å². The van der Waals surface area contributed by atoms with Gasteiger partial charge in [-0.05, 0) is 55.3 Å². The zero-order valence-electron chi connectivity index (χ0n) is 18.3. The van der Waals surface area contributed by atoms with Crippen molar-refractivity contribution in [1.29, 1.82) is 0 Å². The number of amides is 3. The second kappa shape index (κ2) is 9.80. The van der Waals surface area contributed by atoms with E-state index in [1.807, 2.05) is 93.5 Å². The zero-order valence-corrected chi connectivity index (χ0v) is 18.3. The van der Waals surface area contributed by atoms with Crippen LogP contribution in [0, 0.1) is 6.92 Å². The summed E-state index contributed by atoms with van der Waals surface area (Å²) in [5, 5.41) is 8.66. The Morgan fingerprint density at radius 2 is 1.52 bits per heavy atom. The highest BCUT2D eigenvalue weighted by atomic mass is 16.2. The summed E-state index contributed by atoms with van der Waals surface area (Å²) < 4.78 is 0. The molecule has 6 heteroatoms. The molecule has 0 radical (unpaired) electrons. The van der Waals surface area contributed by atoms with Gasteiger partial charge in [0.1, 0.15) is 0 Å². The Hall–Kier alpha value is -3.80. The molecule has 0 aliphatic carbocycles. The quantitative estimate of drug-likeness (QED) is 0.517. The van der Waals surface area contributed by atoms with Crippen LogP contribution in [0.4, 0.5) is 21.9 Å². The van der Waals surface area contributed by atoms with Gasteiger partial charge in [0.2, 0.25) is 0 Å². The third-order valence-electron chi connectivity index (χ3n) is 4.90. The van der Waals surface area contributed by atoms with Gasteiger partial charge in [0.15, 0.2) is 0 Å². The molecule has 0 aliphatic heterocycles. The Labute approximate surface area is 183 Å². The van der Waals surface area contributed by atoms with E-state index in [2.05, 4.69) is 16.0 Å². The molecule has 3 amide bonds. The molecule has 0 aliphatic rings. The monoisotopic (exact) mass is 416 g/mol. The van der Waals surface area contributed by atoms with E-state index in [1.165, 1.54) is 0 Å².